The Morgan fingerprint density at radius 2 is 2.00 bits per heavy atom. The minimum atomic E-state index is -1.12. The van der Waals surface area contributed by atoms with E-state index in [4.69, 9.17) is 0 Å². The minimum absolute atomic E-state index is 0.0508. The molecule has 0 saturated carbocycles. The summed E-state index contributed by atoms with van der Waals surface area (Å²) in [6, 6.07) is 8.66. The Kier molecular flexibility index (Phi) is 4.73. The number of benzene rings is 2. The fourth-order valence-electron chi connectivity index (χ4n) is 1.89. The van der Waals surface area contributed by atoms with Crippen molar-refractivity contribution in [2.24, 2.45) is 0 Å². The van der Waals surface area contributed by atoms with Crippen molar-refractivity contribution in [2.45, 2.75) is 13.0 Å². The van der Waals surface area contributed by atoms with Crippen LogP contribution in [0.5, 0.6) is 0 Å². The first-order valence-corrected chi connectivity index (χ1v) is 6.90. The highest BCUT2D eigenvalue weighted by Gasteiger charge is 2.14. The third-order valence-electron chi connectivity index (χ3n) is 3.07. The van der Waals surface area contributed by atoms with Crippen LogP contribution in [0.25, 0.3) is 0 Å². The Hall–Kier alpha value is -1.46. The van der Waals surface area contributed by atoms with E-state index in [0.717, 1.165) is 33.9 Å². The number of aliphatic hydroxyl groups excluding tert-OH is 1. The van der Waals surface area contributed by atoms with Crippen LogP contribution in [0.1, 0.15) is 17.2 Å². The van der Waals surface area contributed by atoms with E-state index in [1.807, 2.05) is 25.1 Å². The number of hydrogen-bond donors (Lipinski definition) is 2. The van der Waals surface area contributed by atoms with Gasteiger partial charge in [-0.05, 0) is 42.8 Å². The first-order chi connectivity index (χ1) is 9.49. The van der Waals surface area contributed by atoms with Crippen molar-refractivity contribution >= 4 is 21.6 Å². The molecule has 0 fully saturated rings. The zero-order chi connectivity index (χ0) is 14.7. The first-order valence-electron chi connectivity index (χ1n) is 6.11. The Balaban J connectivity index is 2.10. The van der Waals surface area contributed by atoms with Crippen LogP contribution in [0.4, 0.5) is 14.5 Å². The summed E-state index contributed by atoms with van der Waals surface area (Å²) in [6.45, 7) is 2.01. The van der Waals surface area contributed by atoms with E-state index in [-0.39, 0.29) is 12.1 Å². The van der Waals surface area contributed by atoms with Crippen LogP contribution in [0, 0.1) is 18.6 Å². The SMILES string of the molecule is Cc1c(Br)cccc1NCC(O)c1cc(F)ccc1F. The molecule has 2 nitrogen and oxygen atoms in total. The topological polar surface area (TPSA) is 32.3 Å². The van der Waals surface area contributed by atoms with Gasteiger partial charge >= 0.3 is 0 Å². The van der Waals surface area contributed by atoms with Gasteiger partial charge in [-0.2, -0.15) is 0 Å². The lowest BCUT2D eigenvalue weighted by Gasteiger charge is -2.16. The Morgan fingerprint density at radius 3 is 2.75 bits per heavy atom. The van der Waals surface area contributed by atoms with Crippen molar-refractivity contribution in [1.29, 1.82) is 0 Å². The van der Waals surface area contributed by atoms with E-state index in [1.165, 1.54) is 0 Å². The quantitative estimate of drug-likeness (QED) is 0.874. The summed E-state index contributed by atoms with van der Waals surface area (Å²) in [5.41, 5.74) is 1.76. The lowest BCUT2D eigenvalue weighted by Crippen LogP contribution is -2.14. The van der Waals surface area contributed by atoms with Gasteiger partial charge in [-0.15, -0.1) is 0 Å². The average molecular weight is 342 g/mol. The largest absolute Gasteiger partial charge is 0.386 e. The van der Waals surface area contributed by atoms with Gasteiger partial charge in [-0.25, -0.2) is 8.78 Å². The van der Waals surface area contributed by atoms with Crippen LogP contribution in [-0.2, 0) is 0 Å². The fourth-order valence-corrected chi connectivity index (χ4v) is 2.25. The molecular formula is C15H14BrF2NO. The molecule has 5 heteroatoms. The van der Waals surface area contributed by atoms with E-state index in [0.29, 0.717) is 0 Å². The number of rotatable bonds is 4. The van der Waals surface area contributed by atoms with Crippen LogP contribution >= 0.6 is 15.9 Å². The molecule has 0 amide bonds. The second-order valence-corrected chi connectivity index (χ2v) is 5.33. The summed E-state index contributed by atoms with van der Waals surface area (Å²) in [5.74, 6) is -1.19. The van der Waals surface area contributed by atoms with Gasteiger partial charge in [0.05, 0.1) is 6.10 Å². The van der Waals surface area contributed by atoms with Crippen LogP contribution in [-0.4, -0.2) is 11.7 Å². The zero-order valence-electron chi connectivity index (χ0n) is 10.8. The van der Waals surface area contributed by atoms with E-state index in [2.05, 4.69) is 21.2 Å². The van der Waals surface area contributed by atoms with Gasteiger partial charge in [0, 0.05) is 22.3 Å². The van der Waals surface area contributed by atoms with Crippen LogP contribution in [0.15, 0.2) is 40.9 Å². The summed E-state index contributed by atoms with van der Waals surface area (Å²) in [4.78, 5) is 0. The second kappa shape index (κ2) is 6.33. The molecule has 1 unspecified atom stereocenters. The van der Waals surface area contributed by atoms with E-state index >= 15 is 0 Å². The molecule has 0 aliphatic heterocycles. The predicted molar refractivity (Wildman–Crippen MR) is 78.7 cm³/mol. The average Bonchev–Trinajstić information content (AvgIpc) is 2.43. The number of halogens is 3. The summed E-state index contributed by atoms with van der Waals surface area (Å²) < 4.78 is 27.5. The summed E-state index contributed by atoms with van der Waals surface area (Å²) >= 11 is 3.41. The van der Waals surface area contributed by atoms with Gasteiger partial charge in [0.2, 0.25) is 0 Å². The molecule has 20 heavy (non-hydrogen) atoms. The summed E-state index contributed by atoms with van der Waals surface area (Å²) in [6.07, 6.45) is -1.12. The molecule has 106 valence electrons. The highest BCUT2D eigenvalue weighted by Crippen LogP contribution is 2.25. The van der Waals surface area contributed by atoms with Gasteiger partial charge in [0.15, 0.2) is 0 Å². The first kappa shape index (κ1) is 14.9. The molecule has 0 bridgehead atoms. The van der Waals surface area contributed by atoms with E-state index < -0.39 is 17.7 Å². The zero-order valence-corrected chi connectivity index (χ0v) is 12.4. The standard InChI is InChI=1S/C15H14BrF2NO/c1-9-12(16)3-2-4-14(9)19-8-15(20)11-7-10(17)5-6-13(11)18/h2-7,15,19-20H,8H2,1H3. The number of nitrogens with one attached hydrogen (secondary N) is 1. The molecule has 2 rings (SSSR count). The molecule has 0 aliphatic rings. The van der Waals surface area contributed by atoms with E-state index in [1.54, 1.807) is 0 Å². The fraction of sp³-hybridized carbons (Fsp3) is 0.200. The number of hydrogen-bond acceptors (Lipinski definition) is 2. The van der Waals surface area contributed by atoms with Crippen molar-refractivity contribution in [2.75, 3.05) is 11.9 Å². The molecule has 0 aliphatic carbocycles. The molecule has 0 aromatic heterocycles. The Morgan fingerprint density at radius 1 is 1.25 bits per heavy atom. The van der Waals surface area contributed by atoms with Gasteiger partial charge in [0.1, 0.15) is 11.6 Å². The van der Waals surface area contributed by atoms with Gasteiger partial charge in [0.25, 0.3) is 0 Å². The summed E-state index contributed by atoms with van der Waals surface area (Å²) in [7, 11) is 0. The molecular weight excluding hydrogens is 328 g/mol. The minimum Gasteiger partial charge on any atom is -0.386 e. The lowest BCUT2D eigenvalue weighted by atomic mass is 10.1. The third kappa shape index (κ3) is 3.35. The van der Waals surface area contributed by atoms with Gasteiger partial charge in [-0.3, -0.25) is 0 Å². The van der Waals surface area contributed by atoms with Crippen molar-refractivity contribution in [3.8, 4) is 0 Å². The smallest absolute Gasteiger partial charge is 0.129 e. The van der Waals surface area contributed by atoms with Crippen molar-refractivity contribution < 1.29 is 13.9 Å². The van der Waals surface area contributed by atoms with Crippen LogP contribution in [0.2, 0.25) is 0 Å². The van der Waals surface area contributed by atoms with E-state index in [9.17, 15) is 13.9 Å². The van der Waals surface area contributed by atoms with Crippen molar-refractivity contribution in [3.63, 3.8) is 0 Å². The van der Waals surface area contributed by atoms with Crippen LogP contribution in [0.3, 0.4) is 0 Å². The Bertz CT molecular complexity index is 619. The van der Waals surface area contributed by atoms with Crippen molar-refractivity contribution in [1.82, 2.24) is 0 Å². The highest BCUT2D eigenvalue weighted by molar-refractivity contribution is 9.10. The normalized spacial score (nSPS) is 12.2. The van der Waals surface area contributed by atoms with Crippen molar-refractivity contribution in [3.05, 3.63) is 63.6 Å². The maximum absolute atomic E-state index is 13.5. The molecule has 0 heterocycles. The maximum atomic E-state index is 13.5. The molecule has 0 saturated heterocycles. The lowest BCUT2D eigenvalue weighted by molar-refractivity contribution is 0.186. The van der Waals surface area contributed by atoms with Crippen LogP contribution < -0.4 is 5.32 Å². The highest BCUT2D eigenvalue weighted by atomic mass is 79.9. The van der Waals surface area contributed by atoms with Gasteiger partial charge in [-0.1, -0.05) is 22.0 Å². The third-order valence-corrected chi connectivity index (χ3v) is 3.93. The monoisotopic (exact) mass is 341 g/mol. The van der Waals surface area contributed by atoms with Gasteiger partial charge < -0.3 is 10.4 Å². The molecule has 0 radical (unpaired) electrons. The molecule has 1 atom stereocenters. The molecule has 2 N–H and O–H groups in total. The molecule has 2 aromatic rings. The summed E-state index contributed by atoms with van der Waals surface area (Å²) in [5, 5.41) is 13.0. The second-order valence-electron chi connectivity index (χ2n) is 4.47. The number of aliphatic hydroxyl groups is 1. The molecule has 0 spiro atoms. The molecule has 2 aromatic carbocycles. The number of anilines is 1. The maximum Gasteiger partial charge on any atom is 0.129 e. The Labute approximate surface area is 124 Å². The predicted octanol–water partition coefficient (Wildman–Crippen LogP) is 4.18.